The number of hydrogen-bond donors (Lipinski definition) is 0. The zero-order chi connectivity index (χ0) is 21.7. The fraction of sp³-hybridized carbons (Fsp3) is 0.579. The summed E-state index contributed by atoms with van der Waals surface area (Å²) in [5.74, 6) is -0.0330. The molecule has 0 bridgehead atoms. The van der Waals surface area contributed by atoms with Crippen LogP contribution in [-0.2, 0) is 19.6 Å². The van der Waals surface area contributed by atoms with E-state index in [4.69, 9.17) is 16.3 Å². The quantitative estimate of drug-likeness (QED) is 0.652. The normalized spacial score (nSPS) is 19.0. The lowest BCUT2D eigenvalue weighted by molar-refractivity contribution is -0.134. The summed E-state index contributed by atoms with van der Waals surface area (Å²) in [5.41, 5.74) is 0. The lowest BCUT2D eigenvalue weighted by Crippen LogP contribution is -2.55. The minimum absolute atomic E-state index is 0.0330. The topological polar surface area (TPSA) is 90.5 Å². The molecule has 0 unspecified atom stereocenters. The molecule has 11 heteroatoms. The molecule has 0 spiro atoms. The smallest absolute Gasteiger partial charge is 0.409 e. The lowest BCUT2D eigenvalue weighted by atomic mass is 10.3. The molecule has 3 rings (SSSR count). The molecule has 166 valence electrons. The first-order valence-corrected chi connectivity index (χ1v) is 11.8. The Morgan fingerprint density at radius 3 is 2.17 bits per heavy atom. The van der Waals surface area contributed by atoms with Crippen molar-refractivity contribution in [1.82, 2.24) is 19.0 Å². The van der Waals surface area contributed by atoms with Crippen molar-refractivity contribution in [2.45, 2.75) is 11.8 Å². The standard InChI is InChI=1S/C19H27ClN4O5S/c1-2-29-19(26)23-9-7-21(8-10-23)15-18(25)22-11-13-24(14-12-22)30(27,28)17-6-4-3-5-16(17)20/h3-6H,2,7-15H2,1H3. The van der Waals surface area contributed by atoms with E-state index in [9.17, 15) is 18.0 Å². The van der Waals surface area contributed by atoms with Crippen LogP contribution in [0.4, 0.5) is 4.79 Å². The van der Waals surface area contributed by atoms with E-state index in [0.29, 0.717) is 45.9 Å². The Labute approximate surface area is 182 Å². The highest BCUT2D eigenvalue weighted by atomic mass is 35.5. The second-order valence-corrected chi connectivity index (χ2v) is 9.49. The maximum atomic E-state index is 12.8. The van der Waals surface area contributed by atoms with Gasteiger partial charge in [0.05, 0.1) is 18.2 Å². The molecule has 9 nitrogen and oxygen atoms in total. The minimum atomic E-state index is -3.68. The number of carbonyl (C=O) groups is 2. The Kier molecular flexibility index (Phi) is 7.56. The first-order valence-electron chi connectivity index (χ1n) is 9.99. The van der Waals surface area contributed by atoms with Gasteiger partial charge in [0.1, 0.15) is 4.90 Å². The van der Waals surface area contributed by atoms with E-state index in [1.807, 2.05) is 4.90 Å². The van der Waals surface area contributed by atoms with Crippen LogP contribution in [0.25, 0.3) is 0 Å². The lowest BCUT2D eigenvalue weighted by Gasteiger charge is -2.37. The molecule has 0 saturated carbocycles. The molecular formula is C19H27ClN4O5S. The Balaban J connectivity index is 1.48. The van der Waals surface area contributed by atoms with Gasteiger partial charge in [0.2, 0.25) is 15.9 Å². The number of ether oxygens (including phenoxy) is 1. The van der Waals surface area contributed by atoms with E-state index in [0.717, 1.165) is 0 Å². The summed E-state index contributed by atoms with van der Waals surface area (Å²) in [6.07, 6.45) is -0.320. The molecule has 2 fully saturated rings. The van der Waals surface area contributed by atoms with Crippen molar-refractivity contribution in [3.63, 3.8) is 0 Å². The number of sulfonamides is 1. The van der Waals surface area contributed by atoms with Crippen LogP contribution in [0, 0.1) is 0 Å². The van der Waals surface area contributed by atoms with Crippen LogP contribution in [0.15, 0.2) is 29.2 Å². The maximum absolute atomic E-state index is 12.8. The van der Waals surface area contributed by atoms with E-state index >= 15 is 0 Å². The SMILES string of the molecule is CCOC(=O)N1CCN(CC(=O)N2CCN(S(=O)(=O)c3ccccc3Cl)CC2)CC1. The van der Waals surface area contributed by atoms with Crippen LogP contribution in [-0.4, -0.2) is 105 Å². The number of carbonyl (C=O) groups excluding carboxylic acids is 2. The van der Waals surface area contributed by atoms with Gasteiger partial charge in [0.25, 0.3) is 0 Å². The molecule has 2 aliphatic rings. The second-order valence-electron chi connectivity index (χ2n) is 7.18. The Morgan fingerprint density at radius 1 is 0.967 bits per heavy atom. The van der Waals surface area contributed by atoms with Crippen LogP contribution in [0.5, 0.6) is 0 Å². The van der Waals surface area contributed by atoms with E-state index in [1.165, 1.54) is 10.4 Å². The molecule has 1 aromatic carbocycles. The molecule has 0 aromatic heterocycles. The first-order chi connectivity index (χ1) is 14.3. The zero-order valence-electron chi connectivity index (χ0n) is 17.0. The molecule has 0 atom stereocenters. The predicted octanol–water partition coefficient (Wildman–Crippen LogP) is 0.947. The molecule has 1 aromatic rings. The fourth-order valence-corrected chi connectivity index (χ4v) is 5.48. The maximum Gasteiger partial charge on any atom is 0.409 e. The molecule has 30 heavy (non-hydrogen) atoms. The molecule has 2 saturated heterocycles. The number of piperazine rings is 2. The Morgan fingerprint density at radius 2 is 1.57 bits per heavy atom. The van der Waals surface area contributed by atoms with E-state index in [1.54, 1.807) is 34.9 Å². The largest absolute Gasteiger partial charge is 0.450 e. The molecule has 2 aliphatic heterocycles. The van der Waals surface area contributed by atoms with Gasteiger partial charge in [-0.2, -0.15) is 4.31 Å². The Bertz CT molecular complexity index is 865. The number of amides is 2. The summed E-state index contributed by atoms with van der Waals surface area (Å²) >= 11 is 6.05. The van der Waals surface area contributed by atoms with Gasteiger partial charge in [-0.25, -0.2) is 13.2 Å². The van der Waals surface area contributed by atoms with Crippen molar-refractivity contribution in [2.24, 2.45) is 0 Å². The summed E-state index contributed by atoms with van der Waals surface area (Å²) in [6, 6.07) is 6.37. The van der Waals surface area contributed by atoms with Crippen LogP contribution < -0.4 is 0 Å². The van der Waals surface area contributed by atoms with Crippen LogP contribution >= 0.6 is 11.6 Å². The molecular weight excluding hydrogens is 432 g/mol. The summed E-state index contributed by atoms with van der Waals surface area (Å²) in [7, 11) is -3.68. The number of benzene rings is 1. The summed E-state index contributed by atoms with van der Waals surface area (Å²) in [5, 5.41) is 0.193. The Hall–Kier alpha value is -1.88. The van der Waals surface area contributed by atoms with Crippen molar-refractivity contribution in [2.75, 3.05) is 65.5 Å². The van der Waals surface area contributed by atoms with E-state index in [2.05, 4.69) is 0 Å². The van der Waals surface area contributed by atoms with E-state index in [-0.39, 0.29) is 41.6 Å². The van der Waals surface area contributed by atoms with Gasteiger partial charge in [0.15, 0.2) is 0 Å². The van der Waals surface area contributed by atoms with Gasteiger partial charge < -0.3 is 14.5 Å². The minimum Gasteiger partial charge on any atom is -0.450 e. The number of rotatable bonds is 5. The van der Waals surface area contributed by atoms with Gasteiger partial charge in [0, 0.05) is 52.4 Å². The predicted molar refractivity (Wildman–Crippen MR) is 112 cm³/mol. The third-order valence-electron chi connectivity index (χ3n) is 5.30. The number of halogens is 1. The van der Waals surface area contributed by atoms with Crippen molar-refractivity contribution in [1.29, 1.82) is 0 Å². The zero-order valence-corrected chi connectivity index (χ0v) is 18.6. The first kappa shape index (κ1) is 22.8. The highest BCUT2D eigenvalue weighted by molar-refractivity contribution is 7.89. The third kappa shape index (κ3) is 5.23. The van der Waals surface area contributed by atoms with Gasteiger partial charge in [-0.3, -0.25) is 9.69 Å². The number of hydrogen-bond acceptors (Lipinski definition) is 6. The van der Waals surface area contributed by atoms with Crippen molar-refractivity contribution >= 4 is 33.6 Å². The summed E-state index contributed by atoms with van der Waals surface area (Å²) in [6.45, 7) is 5.76. The molecule has 0 N–H and O–H groups in total. The summed E-state index contributed by atoms with van der Waals surface area (Å²) in [4.78, 5) is 29.8. The average molecular weight is 459 g/mol. The molecule has 2 amide bonds. The molecule has 0 radical (unpaired) electrons. The number of nitrogens with zero attached hydrogens (tertiary/aromatic N) is 4. The van der Waals surface area contributed by atoms with Crippen LogP contribution in [0.1, 0.15) is 6.92 Å². The highest BCUT2D eigenvalue weighted by Crippen LogP contribution is 2.25. The monoisotopic (exact) mass is 458 g/mol. The van der Waals surface area contributed by atoms with Crippen molar-refractivity contribution in [3.05, 3.63) is 29.3 Å². The van der Waals surface area contributed by atoms with Crippen LogP contribution in [0.2, 0.25) is 5.02 Å². The molecule has 2 heterocycles. The average Bonchev–Trinajstić information content (AvgIpc) is 2.74. The van der Waals surface area contributed by atoms with Gasteiger partial charge in [-0.05, 0) is 19.1 Å². The van der Waals surface area contributed by atoms with E-state index < -0.39 is 10.0 Å². The third-order valence-corrected chi connectivity index (χ3v) is 7.70. The molecule has 0 aliphatic carbocycles. The second kappa shape index (κ2) is 9.95. The fourth-order valence-electron chi connectivity index (χ4n) is 3.57. The van der Waals surface area contributed by atoms with Crippen LogP contribution in [0.3, 0.4) is 0 Å². The van der Waals surface area contributed by atoms with Crippen molar-refractivity contribution in [3.8, 4) is 0 Å². The van der Waals surface area contributed by atoms with Gasteiger partial charge in [-0.15, -0.1) is 0 Å². The van der Waals surface area contributed by atoms with Crippen molar-refractivity contribution < 1.29 is 22.7 Å². The summed E-state index contributed by atoms with van der Waals surface area (Å²) < 4.78 is 32.0. The van der Waals surface area contributed by atoms with Gasteiger partial charge >= 0.3 is 6.09 Å². The highest BCUT2D eigenvalue weighted by Gasteiger charge is 2.32. The van der Waals surface area contributed by atoms with Gasteiger partial charge in [-0.1, -0.05) is 23.7 Å².